The van der Waals surface area contributed by atoms with Gasteiger partial charge < -0.3 is 35.6 Å². The zero-order chi connectivity index (χ0) is 25.8. The number of nitrogen functional groups attached to an aromatic ring is 1. The van der Waals surface area contributed by atoms with Crippen LogP contribution in [-0.2, 0) is 14.3 Å². The summed E-state index contributed by atoms with van der Waals surface area (Å²) in [5.41, 5.74) is 6.62. The van der Waals surface area contributed by atoms with E-state index in [9.17, 15) is 19.8 Å². The summed E-state index contributed by atoms with van der Waals surface area (Å²) in [6.07, 6.45) is -1.80. The fourth-order valence-electron chi connectivity index (χ4n) is 4.37. The van der Waals surface area contributed by atoms with Gasteiger partial charge in [-0.15, -0.1) is 0 Å². The highest BCUT2D eigenvalue weighted by atomic mass is 16.6. The molecule has 4 atom stereocenters. The SMILES string of the molecule is CCNC(=O)[C@H]1O[C@@H](n2cnc3c(N)nc(C#CCC4CCN(C(=O)OCC)CC4)nc32)C(O)C1O. The molecular formula is C23H31N7O6. The van der Waals surface area contributed by atoms with Crippen molar-refractivity contribution >= 4 is 29.0 Å². The number of hydrogen-bond donors (Lipinski definition) is 4. The Morgan fingerprint density at radius 2 is 2.00 bits per heavy atom. The van der Waals surface area contributed by atoms with Crippen molar-refractivity contribution < 1.29 is 29.3 Å². The van der Waals surface area contributed by atoms with Crippen LogP contribution in [0.2, 0.25) is 0 Å². The van der Waals surface area contributed by atoms with E-state index in [-0.39, 0.29) is 23.4 Å². The van der Waals surface area contributed by atoms with Gasteiger partial charge in [-0.05, 0) is 38.5 Å². The molecule has 0 radical (unpaired) electrons. The Kier molecular flexibility index (Phi) is 7.88. The van der Waals surface area contributed by atoms with E-state index in [4.69, 9.17) is 15.2 Å². The highest BCUT2D eigenvalue weighted by molar-refractivity contribution is 5.83. The molecule has 0 aromatic carbocycles. The van der Waals surface area contributed by atoms with Gasteiger partial charge in [-0.3, -0.25) is 9.36 Å². The maximum Gasteiger partial charge on any atom is 0.409 e. The van der Waals surface area contributed by atoms with E-state index in [0.29, 0.717) is 44.1 Å². The molecule has 2 aromatic rings. The second kappa shape index (κ2) is 11.1. The largest absolute Gasteiger partial charge is 0.450 e. The fourth-order valence-corrected chi connectivity index (χ4v) is 4.37. The summed E-state index contributed by atoms with van der Waals surface area (Å²) < 4.78 is 12.1. The van der Waals surface area contributed by atoms with Gasteiger partial charge in [0.1, 0.15) is 17.7 Å². The summed E-state index contributed by atoms with van der Waals surface area (Å²) in [4.78, 5) is 38.6. The Hall–Kier alpha value is -3.47. The lowest BCUT2D eigenvalue weighted by Gasteiger charge is -2.30. The predicted molar refractivity (Wildman–Crippen MR) is 127 cm³/mol. The van der Waals surface area contributed by atoms with Gasteiger partial charge in [0.15, 0.2) is 23.8 Å². The van der Waals surface area contributed by atoms with E-state index in [1.165, 1.54) is 10.9 Å². The number of amides is 2. The number of rotatable bonds is 5. The van der Waals surface area contributed by atoms with Crippen LogP contribution in [0.1, 0.15) is 45.2 Å². The minimum absolute atomic E-state index is 0.110. The number of nitrogens with zero attached hydrogens (tertiary/aromatic N) is 5. The number of carbonyl (C=O) groups is 2. The van der Waals surface area contributed by atoms with Gasteiger partial charge in [0, 0.05) is 26.1 Å². The van der Waals surface area contributed by atoms with Crippen LogP contribution in [0.3, 0.4) is 0 Å². The molecule has 13 nitrogen and oxygen atoms in total. The molecule has 2 amide bonds. The average molecular weight is 502 g/mol. The lowest BCUT2D eigenvalue weighted by molar-refractivity contribution is -0.137. The number of aliphatic hydroxyl groups excluding tert-OH is 2. The molecule has 0 bridgehead atoms. The first-order chi connectivity index (χ1) is 17.3. The van der Waals surface area contributed by atoms with Gasteiger partial charge in [-0.1, -0.05) is 5.92 Å². The lowest BCUT2D eigenvalue weighted by Crippen LogP contribution is -2.42. The molecule has 2 aliphatic heterocycles. The van der Waals surface area contributed by atoms with Crippen LogP contribution in [0.5, 0.6) is 0 Å². The molecule has 0 aliphatic carbocycles. The summed E-state index contributed by atoms with van der Waals surface area (Å²) in [6.45, 7) is 5.51. The summed E-state index contributed by atoms with van der Waals surface area (Å²) in [5.74, 6) is 6.14. The third-order valence-corrected chi connectivity index (χ3v) is 6.30. The number of nitrogens with two attached hydrogens (primary N) is 1. The average Bonchev–Trinajstić information content (AvgIpc) is 3.41. The molecule has 2 aliphatic rings. The van der Waals surface area contributed by atoms with E-state index in [2.05, 4.69) is 32.1 Å². The smallest absolute Gasteiger partial charge is 0.409 e. The fraction of sp³-hybridized carbons (Fsp3) is 0.609. The van der Waals surface area contributed by atoms with Gasteiger partial charge in [0.25, 0.3) is 5.91 Å². The van der Waals surface area contributed by atoms with Crippen LogP contribution in [0.15, 0.2) is 6.33 Å². The van der Waals surface area contributed by atoms with Crippen LogP contribution in [0.4, 0.5) is 10.6 Å². The van der Waals surface area contributed by atoms with Crippen molar-refractivity contribution in [3.8, 4) is 11.8 Å². The van der Waals surface area contributed by atoms with E-state index < -0.39 is 30.4 Å². The molecule has 0 saturated carbocycles. The van der Waals surface area contributed by atoms with Gasteiger partial charge in [0.2, 0.25) is 5.82 Å². The first-order valence-electron chi connectivity index (χ1n) is 12.0. The molecule has 2 aromatic heterocycles. The summed E-state index contributed by atoms with van der Waals surface area (Å²) >= 11 is 0. The third-order valence-electron chi connectivity index (χ3n) is 6.30. The number of aliphatic hydroxyl groups is 2. The molecule has 2 fully saturated rings. The Balaban J connectivity index is 1.47. The van der Waals surface area contributed by atoms with Crippen molar-refractivity contribution in [1.29, 1.82) is 0 Å². The topological polar surface area (TPSA) is 178 Å². The summed E-state index contributed by atoms with van der Waals surface area (Å²) in [7, 11) is 0. The molecule has 5 N–H and O–H groups in total. The number of hydrogen-bond acceptors (Lipinski definition) is 10. The first-order valence-corrected chi connectivity index (χ1v) is 12.0. The number of anilines is 1. The normalized spacial score (nSPS) is 24.4. The van der Waals surface area contributed by atoms with Crippen LogP contribution in [-0.4, -0.2) is 91.2 Å². The third kappa shape index (κ3) is 5.20. The van der Waals surface area contributed by atoms with Crippen molar-refractivity contribution in [3.63, 3.8) is 0 Å². The first kappa shape index (κ1) is 25.6. The number of fused-ring (bicyclic) bond motifs is 1. The molecule has 36 heavy (non-hydrogen) atoms. The van der Waals surface area contributed by atoms with Crippen LogP contribution in [0, 0.1) is 17.8 Å². The van der Waals surface area contributed by atoms with Crippen molar-refractivity contribution in [2.24, 2.45) is 5.92 Å². The zero-order valence-electron chi connectivity index (χ0n) is 20.3. The maximum atomic E-state index is 12.2. The van der Waals surface area contributed by atoms with Gasteiger partial charge in [0.05, 0.1) is 12.9 Å². The van der Waals surface area contributed by atoms with E-state index in [1.54, 1.807) is 18.7 Å². The number of carbonyl (C=O) groups excluding carboxylic acids is 2. The standard InChI is InChI=1S/C23H31N7O6/c1-3-25-21(33)18-16(31)17(32)22(36-18)30-12-26-15-19(24)27-14(28-20(15)30)7-5-6-13-8-10-29(11-9-13)23(34)35-4-2/h12-13,16-18,22,31-32H,3-4,6,8-11H2,1-2H3,(H,25,33)(H2,24,27,28)/t16?,17?,18-,22+/m0/s1. The Bertz CT molecular complexity index is 1170. The van der Waals surface area contributed by atoms with Gasteiger partial charge >= 0.3 is 6.09 Å². The summed E-state index contributed by atoms with van der Waals surface area (Å²) in [6, 6.07) is 0. The number of likely N-dealkylation sites (tertiary alicyclic amines) is 1. The molecular weight excluding hydrogens is 470 g/mol. The van der Waals surface area contributed by atoms with Crippen molar-refractivity contribution in [2.45, 2.75) is 57.6 Å². The van der Waals surface area contributed by atoms with Crippen LogP contribution < -0.4 is 11.1 Å². The molecule has 2 unspecified atom stereocenters. The lowest BCUT2D eigenvalue weighted by atomic mass is 9.94. The molecule has 4 heterocycles. The Morgan fingerprint density at radius 3 is 2.69 bits per heavy atom. The highest BCUT2D eigenvalue weighted by Gasteiger charge is 2.47. The van der Waals surface area contributed by atoms with Crippen molar-refractivity contribution in [1.82, 2.24) is 29.7 Å². The van der Waals surface area contributed by atoms with Crippen molar-refractivity contribution in [2.75, 3.05) is 32.0 Å². The second-order valence-electron chi connectivity index (χ2n) is 8.71. The minimum Gasteiger partial charge on any atom is -0.450 e. The monoisotopic (exact) mass is 501 g/mol. The maximum absolute atomic E-state index is 12.2. The van der Waals surface area contributed by atoms with Gasteiger partial charge in [-0.2, -0.15) is 0 Å². The quantitative estimate of drug-likeness (QED) is 0.400. The number of imidazole rings is 1. The number of piperidine rings is 1. The molecule has 0 spiro atoms. The Morgan fingerprint density at radius 1 is 1.25 bits per heavy atom. The predicted octanol–water partition coefficient (Wildman–Crippen LogP) is -0.226. The van der Waals surface area contributed by atoms with Crippen LogP contribution >= 0.6 is 0 Å². The van der Waals surface area contributed by atoms with E-state index in [1.807, 2.05) is 0 Å². The zero-order valence-corrected chi connectivity index (χ0v) is 20.3. The number of aromatic nitrogens is 4. The molecule has 2 saturated heterocycles. The minimum atomic E-state index is -1.42. The highest BCUT2D eigenvalue weighted by Crippen LogP contribution is 2.32. The second-order valence-corrected chi connectivity index (χ2v) is 8.71. The van der Waals surface area contributed by atoms with E-state index in [0.717, 1.165) is 12.8 Å². The van der Waals surface area contributed by atoms with Crippen molar-refractivity contribution in [3.05, 3.63) is 12.2 Å². The van der Waals surface area contributed by atoms with Gasteiger partial charge in [-0.25, -0.2) is 19.7 Å². The number of likely N-dealkylation sites (N-methyl/N-ethyl adjacent to an activating group) is 1. The Labute approximate surface area is 208 Å². The van der Waals surface area contributed by atoms with Crippen LogP contribution in [0.25, 0.3) is 11.2 Å². The summed E-state index contributed by atoms with van der Waals surface area (Å²) in [5, 5.41) is 23.5. The van der Waals surface area contributed by atoms with E-state index >= 15 is 0 Å². The number of ether oxygens (including phenoxy) is 2. The molecule has 4 rings (SSSR count). The molecule has 194 valence electrons. The molecule has 13 heteroatoms. The number of nitrogens with one attached hydrogen (secondary N) is 1.